The number of carbonyl (C=O) groups excluding carboxylic acids is 1. The van der Waals surface area contributed by atoms with E-state index in [-0.39, 0.29) is 0 Å². The predicted molar refractivity (Wildman–Crippen MR) is 62.8 cm³/mol. The van der Waals surface area contributed by atoms with Gasteiger partial charge in [0, 0.05) is 6.42 Å². The first kappa shape index (κ1) is 14.2. The van der Waals surface area contributed by atoms with Crippen LogP contribution in [0.2, 0.25) is 0 Å². The Morgan fingerprint density at radius 1 is 1.44 bits per heavy atom. The number of rotatable bonds is 3. The molecule has 3 nitrogen and oxygen atoms in total. The van der Waals surface area contributed by atoms with Gasteiger partial charge in [-0.1, -0.05) is 31.5 Å². The van der Waals surface area contributed by atoms with Crippen molar-refractivity contribution in [3.05, 3.63) is 35.9 Å². The van der Waals surface area contributed by atoms with E-state index >= 15 is 0 Å². The lowest BCUT2D eigenvalue weighted by Crippen LogP contribution is -2.00. The van der Waals surface area contributed by atoms with Crippen molar-refractivity contribution in [1.29, 1.82) is 0 Å². The largest absolute Gasteiger partial charge is 0.372 e. The molecule has 0 fully saturated rings. The lowest BCUT2D eigenvalue weighted by Gasteiger charge is -1.92. The van der Waals surface area contributed by atoms with E-state index in [1.807, 2.05) is 0 Å². The van der Waals surface area contributed by atoms with Crippen LogP contribution in [-0.4, -0.2) is 11.2 Å². The lowest BCUT2D eigenvalue weighted by atomic mass is 10.2. The molecule has 0 atom stereocenters. The molecule has 0 saturated heterocycles. The fourth-order valence-corrected chi connectivity index (χ4v) is 0.906. The second-order valence-corrected chi connectivity index (χ2v) is 3.05. The van der Waals surface area contributed by atoms with Gasteiger partial charge in [0.05, 0.1) is 5.56 Å². The van der Waals surface area contributed by atoms with Gasteiger partial charge in [-0.3, -0.25) is 4.89 Å². The Kier molecular flexibility index (Phi) is 8.66. The van der Waals surface area contributed by atoms with Gasteiger partial charge < -0.3 is 0 Å². The first-order valence-electron chi connectivity index (χ1n) is 5.10. The summed E-state index contributed by atoms with van der Waals surface area (Å²) in [6.45, 7) is 2.14. The van der Waals surface area contributed by atoms with Gasteiger partial charge in [0.1, 0.15) is 0 Å². The number of benzene rings is 1. The summed E-state index contributed by atoms with van der Waals surface area (Å²) in [5.74, 6) is 1.83. The van der Waals surface area contributed by atoms with E-state index in [1.54, 1.807) is 30.3 Å². The SMILES string of the molecule is C#CCCCC.O=C(OO)c1ccccc1. The van der Waals surface area contributed by atoms with Crippen molar-refractivity contribution in [3.63, 3.8) is 0 Å². The molecule has 0 heterocycles. The third-order valence-corrected chi connectivity index (χ3v) is 1.77. The van der Waals surface area contributed by atoms with Crippen LogP contribution < -0.4 is 0 Å². The Morgan fingerprint density at radius 2 is 2.06 bits per heavy atom. The van der Waals surface area contributed by atoms with E-state index in [0.29, 0.717) is 5.56 Å². The molecule has 3 heteroatoms. The zero-order valence-electron chi connectivity index (χ0n) is 9.35. The zero-order chi connectivity index (χ0) is 12.2. The molecule has 0 radical (unpaired) electrons. The summed E-state index contributed by atoms with van der Waals surface area (Å²) in [5.41, 5.74) is 0.338. The second-order valence-electron chi connectivity index (χ2n) is 3.05. The highest BCUT2D eigenvalue weighted by Gasteiger charge is 2.02. The van der Waals surface area contributed by atoms with Gasteiger partial charge in [-0.2, -0.15) is 5.26 Å². The quantitative estimate of drug-likeness (QED) is 0.368. The molecule has 16 heavy (non-hydrogen) atoms. The normalized spacial score (nSPS) is 8.31. The van der Waals surface area contributed by atoms with Gasteiger partial charge in [-0.25, -0.2) is 4.79 Å². The van der Waals surface area contributed by atoms with E-state index in [2.05, 4.69) is 17.7 Å². The smallest absolute Gasteiger partial charge is 0.296 e. The molecule has 1 aromatic rings. The molecule has 0 aliphatic heterocycles. The van der Waals surface area contributed by atoms with Crippen LogP contribution in [0.3, 0.4) is 0 Å². The molecule has 86 valence electrons. The highest BCUT2D eigenvalue weighted by Crippen LogP contribution is 1.98. The van der Waals surface area contributed by atoms with Crippen LogP contribution in [0.4, 0.5) is 0 Å². The predicted octanol–water partition coefficient (Wildman–Crippen LogP) is 3.13. The maximum absolute atomic E-state index is 10.5. The van der Waals surface area contributed by atoms with E-state index in [1.165, 1.54) is 12.8 Å². The third-order valence-electron chi connectivity index (χ3n) is 1.77. The Hall–Kier alpha value is -1.79. The third kappa shape index (κ3) is 6.63. The second kappa shape index (κ2) is 9.75. The molecule has 1 rings (SSSR count). The average Bonchev–Trinajstić information content (AvgIpc) is 2.37. The highest BCUT2D eigenvalue weighted by molar-refractivity contribution is 5.88. The van der Waals surface area contributed by atoms with Crippen molar-refractivity contribution in [1.82, 2.24) is 0 Å². The lowest BCUT2D eigenvalue weighted by molar-refractivity contribution is -0.182. The van der Waals surface area contributed by atoms with Crippen molar-refractivity contribution in [3.8, 4) is 12.3 Å². The molecule has 0 spiro atoms. The maximum Gasteiger partial charge on any atom is 0.372 e. The molecule has 0 amide bonds. The minimum Gasteiger partial charge on any atom is -0.296 e. The number of unbranched alkanes of at least 4 members (excludes halogenated alkanes) is 2. The van der Waals surface area contributed by atoms with Gasteiger partial charge in [0.2, 0.25) is 0 Å². The summed E-state index contributed by atoms with van der Waals surface area (Å²) in [4.78, 5) is 14.0. The fraction of sp³-hybridized carbons (Fsp3) is 0.308. The number of terminal acetylenes is 1. The maximum atomic E-state index is 10.5. The summed E-state index contributed by atoms with van der Waals surface area (Å²) in [7, 11) is 0. The van der Waals surface area contributed by atoms with E-state index in [9.17, 15) is 4.79 Å². The Bertz CT molecular complexity index is 325. The van der Waals surface area contributed by atoms with Gasteiger partial charge in [-0.05, 0) is 18.6 Å². The van der Waals surface area contributed by atoms with Crippen LogP contribution in [0.5, 0.6) is 0 Å². The van der Waals surface area contributed by atoms with Crippen LogP contribution in [0.25, 0.3) is 0 Å². The topological polar surface area (TPSA) is 46.5 Å². The number of hydrogen-bond acceptors (Lipinski definition) is 3. The van der Waals surface area contributed by atoms with E-state index in [0.717, 1.165) is 6.42 Å². The molecule has 1 N–H and O–H groups in total. The summed E-state index contributed by atoms with van der Waals surface area (Å²) < 4.78 is 0. The zero-order valence-corrected chi connectivity index (χ0v) is 9.35. The standard InChI is InChI=1S/C7H6O3.C6H10/c8-7(10-9)6-4-2-1-3-5-6;1-3-5-6-4-2/h1-5,9H;1H,4-6H2,2H3. The van der Waals surface area contributed by atoms with Gasteiger partial charge in [0.15, 0.2) is 0 Å². The van der Waals surface area contributed by atoms with Crippen molar-refractivity contribution in [2.75, 3.05) is 0 Å². The number of carbonyl (C=O) groups is 1. The molecule has 0 aliphatic rings. The molecule has 1 aromatic carbocycles. The molecular weight excluding hydrogens is 204 g/mol. The van der Waals surface area contributed by atoms with Crippen molar-refractivity contribution < 1.29 is 14.9 Å². The van der Waals surface area contributed by atoms with Gasteiger partial charge in [0.25, 0.3) is 0 Å². The van der Waals surface area contributed by atoms with E-state index in [4.69, 9.17) is 11.7 Å². The highest BCUT2D eigenvalue weighted by atomic mass is 17.1. The van der Waals surface area contributed by atoms with Crippen LogP contribution in [0, 0.1) is 12.3 Å². The van der Waals surface area contributed by atoms with Crippen LogP contribution in [-0.2, 0) is 4.89 Å². The summed E-state index contributed by atoms with van der Waals surface area (Å²) in [6, 6.07) is 8.25. The first-order chi connectivity index (χ1) is 7.76. The summed E-state index contributed by atoms with van der Waals surface area (Å²) >= 11 is 0. The fourth-order valence-electron chi connectivity index (χ4n) is 0.906. The monoisotopic (exact) mass is 220 g/mol. The molecule has 0 aromatic heterocycles. The summed E-state index contributed by atoms with van der Waals surface area (Å²) in [5, 5.41) is 7.94. The van der Waals surface area contributed by atoms with Crippen molar-refractivity contribution in [2.45, 2.75) is 26.2 Å². The molecule has 0 bridgehead atoms. The Labute approximate surface area is 96.0 Å². The number of hydrogen-bond donors (Lipinski definition) is 1. The van der Waals surface area contributed by atoms with E-state index < -0.39 is 5.97 Å². The van der Waals surface area contributed by atoms with Crippen LogP contribution in [0.15, 0.2) is 30.3 Å². The van der Waals surface area contributed by atoms with Gasteiger partial charge in [-0.15, -0.1) is 12.3 Å². The first-order valence-corrected chi connectivity index (χ1v) is 5.10. The van der Waals surface area contributed by atoms with Crippen molar-refractivity contribution >= 4 is 5.97 Å². The molecule has 0 aliphatic carbocycles. The van der Waals surface area contributed by atoms with Gasteiger partial charge >= 0.3 is 5.97 Å². The van der Waals surface area contributed by atoms with Crippen molar-refractivity contribution in [2.24, 2.45) is 0 Å². The van der Waals surface area contributed by atoms with Crippen LogP contribution >= 0.6 is 0 Å². The summed E-state index contributed by atoms with van der Waals surface area (Å²) in [6.07, 6.45) is 8.30. The Balaban J connectivity index is 0.000000325. The average molecular weight is 220 g/mol. The minimum absolute atomic E-state index is 0.338. The molecular formula is C13H16O3. The van der Waals surface area contributed by atoms with Crippen LogP contribution in [0.1, 0.15) is 36.5 Å². The molecule has 0 saturated carbocycles. The minimum atomic E-state index is -0.736. The molecule has 0 unspecified atom stereocenters. The Morgan fingerprint density at radius 3 is 2.44 bits per heavy atom.